The van der Waals surface area contributed by atoms with Gasteiger partial charge in [-0.15, -0.1) is 0 Å². The molecule has 2 unspecified atom stereocenters. The monoisotopic (exact) mass is 654 g/mol. The summed E-state index contributed by atoms with van der Waals surface area (Å²) in [5, 5.41) is 0. The van der Waals surface area contributed by atoms with Crippen molar-refractivity contribution in [1.29, 1.82) is 0 Å². The fourth-order valence-electron chi connectivity index (χ4n) is 7.56. The molecule has 1 aliphatic rings. The first-order valence-electron chi connectivity index (χ1n) is 18.4. The van der Waals surface area contributed by atoms with Crippen molar-refractivity contribution < 1.29 is 0 Å². The number of piperidine rings is 1. The highest BCUT2D eigenvalue weighted by Gasteiger charge is 2.19. The van der Waals surface area contributed by atoms with Crippen LogP contribution >= 0.6 is 0 Å². The number of nitrogens with zero attached hydrogens (tertiary/aromatic N) is 2. The van der Waals surface area contributed by atoms with Gasteiger partial charge in [-0.25, -0.2) is 0 Å². The molecule has 0 amide bonds. The van der Waals surface area contributed by atoms with Crippen molar-refractivity contribution in [3.63, 3.8) is 0 Å². The third kappa shape index (κ3) is 7.83. The van der Waals surface area contributed by atoms with Gasteiger partial charge in [0.05, 0.1) is 0 Å². The lowest BCUT2D eigenvalue weighted by Gasteiger charge is -2.32. The van der Waals surface area contributed by atoms with Crippen LogP contribution in [0.1, 0.15) is 60.4 Å². The summed E-state index contributed by atoms with van der Waals surface area (Å²) >= 11 is 0. The molecule has 50 heavy (non-hydrogen) atoms. The Labute approximate surface area is 300 Å². The molecule has 0 saturated carbocycles. The summed E-state index contributed by atoms with van der Waals surface area (Å²) in [7, 11) is 4.33. The standard InChI is InChI=1S/C48H50N2/c1-35-14-16-38(17-15-35)44-10-8-12-46(32-44)40-22-26-42(27-23-40)48(34-49(3)4)43-28-24-41(25-29-43)47-13-9-11-45(33-47)39-20-18-37(19-21-39)36(2)50-30-6-5-7-31-50/h8-29,32-33,36,48H,5-7,30-31,34H2,1-4H3. The van der Waals surface area contributed by atoms with Crippen molar-refractivity contribution >= 4 is 0 Å². The maximum absolute atomic E-state index is 2.63. The Bertz CT molecular complexity index is 1980. The lowest BCUT2D eigenvalue weighted by Crippen LogP contribution is -2.32. The summed E-state index contributed by atoms with van der Waals surface area (Å²) < 4.78 is 0. The van der Waals surface area contributed by atoms with Crippen molar-refractivity contribution in [2.75, 3.05) is 33.7 Å². The fourth-order valence-corrected chi connectivity index (χ4v) is 7.56. The van der Waals surface area contributed by atoms with Gasteiger partial charge in [-0.2, -0.15) is 0 Å². The van der Waals surface area contributed by atoms with Gasteiger partial charge in [-0.05, 0) is 127 Å². The second-order valence-corrected chi connectivity index (χ2v) is 14.5. The summed E-state index contributed by atoms with van der Waals surface area (Å²) in [6.45, 7) is 7.88. The Morgan fingerprint density at radius 2 is 0.860 bits per heavy atom. The largest absolute Gasteiger partial charge is 0.308 e. The molecule has 1 fully saturated rings. The number of aryl methyl sites for hydroxylation is 1. The maximum Gasteiger partial charge on any atom is 0.0319 e. The van der Waals surface area contributed by atoms with Gasteiger partial charge in [-0.3, -0.25) is 4.90 Å². The third-order valence-corrected chi connectivity index (χ3v) is 10.6. The molecule has 1 heterocycles. The summed E-state index contributed by atoms with van der Waals surface area (Å²) in [5.74, 6) is 0.282. The van der Waals surface area contributed by atoms with Crippen LogP contribution in [0.4, 0.5) is 0 Å². The Hall–Kier alpha value is -4.76. The average molecular weight is 655 g/mol. The zero-order valence-corrected chi connectivity index (χ0v) is 30.1. The van der Waals surface area contributed by atoms with E-state index < -0.39 is 0 Å². The zero-order valence-electron chi connectivity index (χ0n) is 30.1. The number of hydrogen-bond donors (Lipinski definition) is 0. The molecule has 0 radical (unpaired) electrons. The second-order valence-electron chi connectivity index (χ2n) is 14.5. The molecule has 1 aliphatic heterocycles. The first-order chi connectivity index (χ1) is 24.4. The molecule has 2 atom stereocenters. The number of rotatable bonds is 10. The van der Waals surface area contributed by atoms with Gasteiger partial charge >= 0.3 is 0 Å². The smallest absolute Gasteiger partial charge is 0.0319 e. The van der Waals surface area contributed by atoms with Gasteiger partial charge in [0.1, 0.15) is 0 Å². The first-order valence-corrected chi connectivity index (χ1v) is 18.4. The molecular weight excluding hydrogens is 605 g/mol. The molecule has 6 aromatic carbocycles. The van der Waals surface area contributed by atoms with E-state index in [1.54, 1.807) is 0 Å². The molecule has 0 bridgehead atoms. The van der Waals surface area contributed by atoms with Crippen molar-refractivity contribution in [1.82, 2.24) is 9.80 Å². The van der Waals surface area contributed by atoms with E-state index in [-0.39, 0.29) is 5.92 Å². The molecule has 2 nitrogen and oxygen atoms in total. The molecule has 2 heteroatoms. The van der Waals surface area contributed by atoms with E-state index in [2.05, 4.69) is 183 Å². The van der Waals surface area contributed by atoms with Crippen molar-refractivity contribution in [2.45, 2.75) is 45.1 Å². The quantitative estimate of drug-likeness (QED) is 0.145. The molecule has 6 aromatic rings. The van der Waals surface area contributed by atoms with Crippen LogP contribution in [-0.4, -0.2) is 43.5 Å². The van der Waals surface area contributed by atoms with Gasteiger partial charge in [0, 0.05) is 18.5 Å². The lowest BCUT2D eigenvalue weighted by atomic mass is 9.88. The van der Waals surface area contributed by atoms with E-state index in [1.807, 2.05) is 0 Å². The van der Waals surface area contributed by atoms with E-state index >= 15 is 0 Å². The first kappa shape index (κ1) is 33.7. The number of likely N-dealkylation sites (tertiary alicyclic amines) is 1. The molecule has 7 rings (SSSR count). The van der Waals surface area contributed by atoms with Gasteiger partial charge in [-0.1, -0.05) is 145 Å². The Morgan fingerprint density at radius 3 is 1.26 bits per heavy atom. The van der Waals surface area contributed by atoms with Crippen LogP contribution in [0.3, 0.4) is 0 Å². The predicted molar refractivity (Wildman–Crippen MR) is 214 cm³/mol. The molecular formula is C48H50N2. The zero-order chi connectivity index (χ0) is 34.5. The van der Waals surface area contributed by atoms with E-state index in [9.17, 15) is 0 Å². The molecule has 0 N–H and O–H groups in total. The number of hydrogen-bond acceptors (Lipinski definition) is 2. The summed E-state index contributed by atoms with van der Waals surface area (Å²) in [6, 6.07) is 54.8. The van der Waals surface area contributed by atoms with Crippen LogP contribution in [0, 0.1) is 6.92 Å². The highest BCUT2D eigenvalue weighted by molar-refractivity contribution is 5.75. The average Bonchev–Trinajstić information content (AvgIpc) is 3.17. The van der Waals surface area contributed by atoms with Gasteiger partial charge in [0.25, 0.3) is 0 Å². The Balaban J connectivity index is 1.08. The molecule has 0 aliphatic carbocycles. The summed E-state index contributed by atoms with van der Waals surface area (Å²) in [6.07, 6.45) is 4.02. The normalized spacial score (nSPS) is 14.8. The van der Waals surface area contributed by atoms with Crippen LogP contribution < -0.4 is 0 Å². The Morgan fingerprint density at radius 1 is 0.480 bits per heavy atom. The van der Waals surface area contributed by atoms with Gasteiger partial charge in [0.2, 0.25) is 0 Å². The van der Waals surface area contributed by atoms with Crippen molar-refractivity contribution in [3.8, 4) is 44.5 Å². The van der Waals surface area contributed by atoms with E-state index in [0.29, 0.717) is 6.04 Å². The molecule has 1 saturated heterocycles. The lowest BCUT2D eigenvalue weighted by molar-refractivity contribution is 0.175. The van der Waals surface area contributed by atoms with Crippen molar-refractivity contribution in [2.24, 2.45) is 0 Å². The van der Waals surface area contributed by atoms with Crippen LogP contribution in [-0.2, 0) is 0 Å². The van der Waals surface area contributed by atoms with Crippen LogP contribution in [0.2, 0.25) is 0 Å². The summed E-state index contributed by atoms with van der Waals surface area (Å²) in [5.41, 5.74) is 15.4. The van der Waals surface area contributed by atoms with Crippen molar-refractivity contribution in [3.05, 3.63) is 168 Å². The molecule has 0 aromatic heterocycles. The SMILES string of the molecule is Cc1ccc(-c2cccc(-c3ccc(C(CN(C)C)c4ccc(-c5cccc(-c6ccc(C(C)N7CCCCC7)cc6)c5)cc4)cc3)c2)cc1. The second kappa shape index (κ2) is 15.4. The highest BCUT2D eigenvalue weighted by Crippen LogP contribution is 2.33. The van der Waals surface area contributed by atoms with E-state index in [0.717, 1.165) is 6.54 Å². The minimum Gasteiger partial charge on any atom is -0.308 e. The number of likely N-dealkylation sites (N-methyl/N-ethyl adjacent to an activating group) is 1. The van der Waals surface area contributed by atoms with Gasteiger partial charge < -0.3 is 4.90 Å². The summed E-state index contributed by atoms with van der Waals surface area (Å²) in [4.78, 5) is 4.92. The molecule has 0 spiro atoms. The maximum atomic E-state index is 2.63. The van der Waals surface area contributed by atoms with Crippen LogP contribution in [0.5, 0.6) is 0 Å². The van der Waals surface area contributed by atoms with E-state index in [4.69, 9.17) is 0 Å². The third-order valence-electron chi connectivity index (χ3n) is 10.6. The highest BCUT2D eigenvalue weighted by atomic mass is 15.2. The van der Waals surface area contributed by atoms with Gasteiger partial charge in [0.15, 0.2) is 0 Å². The number of benzene rings is 6. The van der Waals surface area contributed by atoms with Crippen LogP contribution in [0.15, 0.2) is 146 Å². The predicted octanol–water partition coefficient (Wildman–Crippen LogP) is 11.9. The minimum atomic E-state index is 0.282. The topological polar surface area (TPSA) is 6.48 Å². The fraction of sp³-hybridized carbons (Fsp3) is 0.250. The van der Waals surface area contributed by atoms with Crippen LogP contribution in [0.25, 0.3) is 44.5 Å². The Kier molecular flexibility index (Phi) is 10.4. The molecule has 252 valence electrons. The van der Waals surface area contributed by atoms with E-state index in [1.165, 1.54) is 99.1 Å². The minimum absolute atomic E-state index is 0.282.